The molecule has 7 nitrogen and oxygen atoms in total. The largest absolute Gasteiger partial charge is 0.445 e. The summed E-state index contributed by atoms with van der Waals surface area (Å²) >= 11 is 0. The summed E-state index contributed by atoms with van der Waals surface area (Å²) in [7, 11) is 0. The molecule has 2 heterocycles. The quantitative estimate of drug-likeness (QED) is 0.749. The molecule has 0 N–H and O–H groups in total. The minimum absolute atomic E-state index is 0.210. The third-order valence-electron chi connectivity index (χ3n) is 5.52. The van der Waals surface area contributed by atoms with Gasteiger partial charge in [0.25, 0.3) is 0 Å². The molecule has 30 heavy (non-hydrogen) atoms. The van der Waals surface area contributed by atoms with Crippen LogP contribution in [0.4, 0.5) is 9.59 Å². The van der Waals surface area contributed by atoms with Gasteiger partial charge in [-0.1, -0.05) is 30.3 Å². The highest BCUT2D eigenvalue weighted by molar-refractivity contribution is 5.68. The molecule has 0 aromatic heterocycles. The third-order valence-corrected chi connectivity index (χ3v) is 5.52. The predicted molar refractivity (Wildman–Crippen MR) is 115 cm³/mol. The molecule has 7 heteroatoms. The highest BCUT2D eigenvalue weighted by Gasteiger charge is 2.30. The molecular formula is C23H35N3O4. The number of likely N-dealkylation sites (tertiary alicyclic amines) is 1. The summed E-state index contributed by atoms with van der Waals surface area (Å²) in [6.07, 6.45) is 1.68. The Hall–Kier alpha value is -2.28. The maximum Gasteiger partial charge on any atom is 0.410 e. The van der Waals surface area contributed by atoms with E-state index in [2.05, 4.69) is 4.90 Å². The van der Waals surface area contributed by atoms with E-state index in [0.717, 1.165) is 51.1 Å². The first-order valence-electron chi connectivity index (χ1n) is 11.0. The van der Waals surface area contributed by atoms with Crippen molar-refractivity contribution in [3.05, 3.63) is 35.9 Å². The molecule has 2 aliphatic rings. The van der Waals surface area contributed by atoms with E-state index in [0.29, 0.717) is 25.6 Å². The monoisotopic (exact) mass is 417 g/mol. The summed E-state index contributed by atoms with van der Waals surface area (Å²) in [6, 6.07) is 9.74. The lowest BCUT2D eigenvalue weighted by Crippen LogP contribution is -2.51. The fourth-order valence-corrected chi connectivity index (χ4v) is 4.00. The summed E-state index contributed by atoms with van der Waals surface area (Å²) in [4.78, 5) is 30.7. The van der Waals surface area contributed by atoms with Gasteiger partial charge in [0.05, 0.1) is 0 Å². The Labute approximate surface area is 179 Å². The van der Waals surface area contributed by atoms with E-state index in [1.807, 2.05) is 56.0 Å². The van der Waals surface area contributed by atoms with Gasteiger partial charge in [0, 0.05) is 45.8 Å². The molecule has 0 unspecified atom stereocenters. The highest BCUT2D eigenvalue weighted by Crippen LogP contribution is 2.21. The fourth-order valence-electron chi connectivity index (χ4n) is 4.00. The molecule has 2 fully saturated rings. The molecule has 1 aromatic rings. The fraction of sp³-hybridized carbons (Fsp3) is 0.652. The molecule has 1 atom stereocenters. The number of benzene rings is 1. The van der Waals surface area contributed by atoms with Crippen LogP contribution in [-0.2, 0) is 16.1 Å². The summed E-state index contributed by atoms with van der Waals surface area (Å²) in [5.41, 5.74) is 0.534. The number of amides is 2. The lowest BCUT2D eigenvalue weighted by molar-refractivity contribution is 0.0126. The van der Waals surface area contributed by atoms with E-state index in [9.17, 15) is 9.59 Å². The van der Waals surface area contributed by atoms with E-state index in [1.165, 1.54) is 0 Å². The zero-order valence-electron chi connectivity index (χ0n) is 18.5. The van der Waals surface area contributed by atoms with Crippen molar-refractivity contribution in [1.82, 2.24) is 14.7 Å². The molecule has 0 saturated carbocycles. The van der Waals surface area contributed by atoms with Crippen LogP contribution in [0.5, 0.6) is 0 Å². The number of piperazine rings is 1. The van der Waals surface area contributed by atoms with Crippen LogP contribution in [0.1, 0.15) is 39.2 Å². The average molecular weight is 418 g/mol. The Balaban J connectivity index is 1.38. The van der Waals surface area contributed by atoms with Gasteiger partial charge in [-0.15, -0.1) is 0 Å². The molecule has 2 amide bonds. The van der Waals surface area contributed by atoms with Crippen molar-refractivity contribution in [2.24, 2.45) is 5.92 Å². The first-order chi connectivity index (χ1) is 14.3. The number of hydrogen-bond acceptors (Lipinski definition) is 5. The topological polar surface area (TPSA) is 62.3 Å². The first-order valence-corrected chi connectivity index (χ1v) is 11.0. The SMILES string of the molecule is CC(C)(C)OC(=O)N1CCC[C@@H](CN2CCN(C(=O)OCc3ccccc3)CC2)C1. The van der Waals surface area contributed by atoms with Crippen LogP contribution in [-0.4, -0.2) is 78.3 Å². The Bertz CT molecular complexity index is 696. The van der Waals surface area contributed by atoms with E-state index < -0.39 is 5.60 Å². The second-order valence-corrected chi connectivity index (χ2v) is 9.26. The number of carbonyl (C=O) groups excluding carboxylic acids is 2. The minimum atomic E-state index is -0.463. The van der Waals surface area contributed by atoms with Gasteiger partial charge in [-0.25, -0.2) is 9.59 Å². The van der Waals surface area contributed by atoms with Crippen molar-refractivity contribution in [2.75, 3.05) is 45.8 Å². The number of piperidine rings is 1. The number of nitrogens with zero attached hydrogens (tertiary/aromatic N) is 3. The van der Waals surface area contributed by atoms with E-state index in [-0.39, 0.29) is 12.2 Å². The molecule has 2 saturated heterocycles. The van der Waals surface area contributed by atoms with Gasteiger partial charge < -0.3 is 19.3 Å². The summed E-state index contributed by atoms with van der Waals surface area (Å²) in [5, 5.41) is 0. The number of ether oxygens (including phenoxy) is 2. The van der Waals surface area contributed by atoms with Gasteiger partial charge in [0.15, 0.2) is 0 Å². The van der Waals surface area contributed by atoms with Crippen LogP contribution in [0, 0.1) is 5.92 Å². The molecule has 166 valence electrons. The second-order valence-electron chi connectivity index (χ2n) is 9.26. The molecule has 0 aliphatic carbocycles. The van der Waals surface area contributed by atoms with Gasteiger partial charge >= 0.3 is 12.2 Å². The molecule has 1 aromatic carbocycles. The van der Waals surface area contributed by atoms with E-state index >= 15 is 0 Å². The zero-order chi connectivity index (χ0) is 21.6. The van der Waals surface area contributed by atoms with Gasteiger partial charge in [0.2, 0.25) is 0 Å². The summed E-state index contributed by atoms with van der Waals surface area (Å²) in [6.45, 7) is 11.5. The molecule has 2 aliphatic heterocycles. The van der Waals surface area contributed by atoms with Crippen molar-refractivity contribution in [3.63, 3.8) is 0 Å². The smallest absolute Gasteiger partial charge is 0.410 e. The number of hydrogen-bond donors (Lipinski definition) is 0. The van der Waals surface area contributed by atoms with Crippen molar-refractivity contribution >= 4 is 12.2 Å². The van der Waals surface area contributed by atoms with Crippen molar-refractivity contribution in [2.45, 2.75) is 45.8 Å². The molecule has 0 radical (unpaired) electrons. The Morgan fingerprint density at radius 1 is 0.967 bits per heavy atom. The van der Waals surface area contributed by atoms with Gasteiger partial charge in [0.1, 0.15) is 12.2 Å². The van der Waals surface area contributed by atoms with Gasteiger partial charge in [-0.3, -0.25) is 4.90 Å². The van der Waals surface area contributed by atoms with Gasteiger partial charge in [-0.05, 0) is 45.1 Å². The van der Waals surface area contributed by atoms with Crippen molar-refractivity contribution < 1.29 is 19.1 Å². The van der Waals surface area contributed by atoms with Crippen LogP contribution in [0.2, 0.25) is 0 Å². The maximum absolute atomic E-state index is 12.4. The van der Waals surface area contributed by atoms with E-state index in [4.69, 9.17) is 9.47 Å². The minimum Gasteiger partial charge on any atom is -0.445 e. The van der Waals surface area contributed by atoms with Crippen LogP contribution in [0.3, 0.4) is 0 Å². The molecule has 0 bridgehead atoms. The van der Waals surface area contributed by atoms with Crippen LogP contribution >= 0.6 is 0 Å². The summed E-state index contributed by atoms with van der Waals surface area (Å²) < 4.78 is 11.0. The molecule has 3 rings (SSSR count). The average Bonchev–Trinajstić information content (AvgIpc) is 2.72. The summed E-state index contributed by atoms with van der Waals surface area (Å²) in [5.74, 6) is 0.447. The first kappa shape index (κ1) is 22.4. The second kappa shape index (κ2) is 10.2. The van der Waals surface area contributed by atoms with Crippen molar-refractivity contribution in [3.8, 4) is 0 Å². The van der Waals surface area contributed by atoms with Crippen LogP contribution < -0.4 is 0 Å². The number of rotatable bonds is 4. The normalized spacial score (nSPS) is 20.7. The predicted octanol–water partition coefficient (Wildman–Crippen LogP) is 3.59. The van der Waals surface area contributed by atoms with E-state index in [1.54, 1.807) is 4.90 Å². The third kappa shape index (κ3) is 6.90. The Morgan fingerprint density at radius 3 is 2.33 bits per heavy atom. The number of carbonyl (C=O) groups is 2. The molecular weight excluding hydrogens is 382 g/mol. The highest BCUT2D eigenvalue weighted by atomic mass is 16.6. The maximum atomic E-state index is 12.4. The van der Waals surface area contributed by atoms with Crippen LogP contribution in [0.25, 0.3) is 0 Å². The van der Waals surface area contributed by atoms with Crippen LogP contribution in [0.15, 0.2) is 30.3 Å². The Kier molecular flexibility index (Phi) is 7.58. The van der Waals surface area contributed by atoms with Gasteiger partial charge in [-0.2, -0.15) is 0 Å². The molecule has 0 spiro atoms. The standard InChI is InChI=1S/C23H35N3O4/c1-23(2,3)30-22(28)26-11-7-10-20(17-26)16-24-12-14-25(15-13-24)21(27)29-18-19-8-5-4-6-9-19/h4-6,8-9,20H,7,10-18H2,1-3H3/t20-/m0/s1. The lowest BCUT2D eigenvalue weighted by Gasteiger charge is -2.39. The zero-order valence-corrected chi connectivity index (χ0v) is 18.5. The Morgan fingerprint density at radius 2 is 1.67 bits per heavy atom. The lowest BCUT2D eigenvalue weighted by atomic mass is 9.97. The van der Waals surface area contributed by atoms with Crippen molar-refractivity contribution in [1.29, 1.82) is 0 Å².